The first-order valence-electron chi connectivity index (χ1n) is 6.72. The van der Waals surface area contributed by atoms with Crippen molar-refractivity contribution in [2.45, 2.75) is 25.4 Å². The van der Waals surface area contributed by atoms with Crippen LogP contribution in [0, 0.1) is 0 Å². The van der Waals surface area contributed by atoms with Gasteiger partial charge in [-0.2, -0.15) is 0 Å². The molecule has 0 saturated carbocycles. The molecule has 4 heteroatoms. The van der Waals surface area contributed by atoms with Crippen LogP contribution in [-0.2, 0) is 6.54 Å². The van der Waals surface area contributed by atoms with E-state index in [1.54, 1.807) is 0 Å². The predicted molar refractivity (Wildman–Crippen MR) is 75.9 cm³/mol. The van der Waals surface area contributed by atoms with Crippen molar-refractivity contribution < 1.29 is 0 Å². The van der Waals surface area contributed by atoms with Gasteiger partial charge in [0, 0.05) is 37.9 Å². The molecule has 0 bridgehead atoms. The lowest BCUT2D eigenvalue weighted by Gasteiger charge is -2.27. The Hall–Kier alpha value is -1.13. The third kappa shape index (κ3) is 3.00. The Morgan fingerprint density at radius 2 is 2.39 bits per heavy atom. The van der Waals surface area contributed by atoms with Crippen molar-refractivity contribution in [3.05, 3.63) is 23.9 Å². The van der Waals surface area contributed by atoms with Gasteiger partial charge in [0.05, 0.1) is 0 Å². The molecule has 0 amide bonds. The normalized spacial score (nSPS) is 20.3. The molecule has 1 saturated heterocycles. The molecule has 1 fully saturated rings. The molecule has 1 unspecified atom stereocenters. The fraction of sp³-hybridized carbons (Fsp3) is 0.643. The molecule has 0 spiro atoms. The second kappa shape index (κ2) is 6.16. The molecule has 1 N–H and O–H groups in total. The van der Waals surface area contributed by atoms with Crippen LogP contribution in [0.1, 0.15) is 18.4 Å². The molecule has 1 aliphatic rings. The van der Waals surface area contributed by atoms with Crippen LogP contribution in [0.2, 0.25) is 0 Å². The number of likely N-dealkylation sites (tertiary alicyclic amines) is 1. The van der Waals surface area contributed by atoms with Gasteiger partial charge < -0.3 is 15.1 Å². The van der Waals surface area contributed by atoms with Crippen LogP contribution in [0.15, 0.2) is 18.3 Å². The minimum atomic E-state index is 0.666. The van der Waals surface area contributed by atoms with Crippen LogP contribution in [0.3, 0.4) is 0 Å². The van der Waals surface area contributed by atoms with Crippen LogP contribution in [-0.4, -0.2) is 50.2 Å². The Morgan fingerprint density at radius 3 is 3.06 bits per heavy atom. The maximum absolute atomic E-state index is 4.53. The fourth-order valence-electron chi connectivity index (χ4n) is 2.71. The summed E-state index contributed by atoms with van der Waals surface area (Å²) in [5.74, 6) is 1.10. The molecule has 1 aromatic heterocycles. The van der Waals surface area contributed by atoms with E-state index in [0.29, 0.717) is 6.04 Å². The van der Waals surface area contributed by atoms with E-state index in [0.717, 1.165) is 18.9 Å². The lowest BCUT2D eigenvalue weighted by molar-refractivity contribution is 0.314. The van der Waals surface area contributed by atoms with E-state index < -0.39 is 0 Å². The van der Waals surface area contributed by atoms with E-state index in [1.807, 2.05) is 19.3 Å². The van der Waals surface area contributed by atoms with E-state index in [4.69, 9.17) is 0 Å². The molecule has 1 aliphatic heterocycles. The van der Waals surface area contributed by atoms with Gasteiger partial charge in [0.2, 0.25) is 0 Å². The predicted octanol–water partition coefficient (Wildman–Crippen LogP) is 1.33. The van der Waals surface area contributed by atoms with Gasteiger partial charge in [-0.1, -0.05) is 6.07 Å². The van der Waals surface area contributed by atoms with Crippen LogP contribution in [0.4, 0.5) is 5.82 Å². The maximum Gasteiger partial charge on any atom is 0.132 e. The summed E-state index contributed by atoms with van der Waals surface area (Å²) >= 11 is 0. The Bertz CT molecular complexity index is 380. The molecule has 0 radical (unpaired) electrons. The molecule has 2 heterocycles. The van der Waals surface area contributed by atoms with Crippen molar-refractivity contribution >= 4 is 5.82 Å². The summed E-state index contributed by atoms with van der Waals surface area (Å²) in [5.41, 5.74) is 1.27. The molecule has 1 atom stereocenters. The van der Waals surface area contributed by atoms with Crippen LogP contribution >= 0.6 is 0 Å². The van der Waals surface area contributed by atoms with Crippen molar-refractivity contribution in [3.8, 4) is 0 Å². The lowest BCUT2D eigenvalue weighted by Crippen LogP contribution is -2.37. The van der Waals surface area contributed by atoms with Crippen molar-refractivity contribution in [1.29, 1.82) is 0 Å². The van der Waals surface area contributed by atoms with Gasteiger partial charge in [0.15, 0.2) is 0 Å². The third-order valence-electron chi connectivity index (χ3n) is 3.75. The number of nitrogens with one attached hydrogen (secondary N) is 1. The van der Waals surface area contributed by atoms with Crippen LogP contribution < -0.4 is 10.2 Å². The molecule has 1 aromatic rings. The Balaban J connectivity index is 2.05. The molecule has 2 rings (SSSR count). The van der Waals surface area contributed by atoms with Gasteiger partial charge >= 0.3 is 0 Å². The van der Waals surface area contributed by atoms with Gasteiger partial charge in [-0.3, -0.25) is 0 Å². The van der Waals surface area contributed by atoms with Crippen molar-refractivity contribution in [2.24, 2.45) is 0 Å². The number of likely N-dealkylation sites (N-methyl/N-ethyl adjacent to an activating group) is 2. The van der Waals surface area contributed by atoms with Gasteiger partial charge in [-0.25, -0.2) is 4.98 Å². The zero-order chi connectivity index (χ0) is 13.0. The SMILES string of the molecule is CNCc1cccnc1N(C)CC1CCCN1C. The van der Waals surface area contributed by atoms with Crippen LogP contribution in [0.5, 0.6) is 0 Å². The summed E-state index contributed by atoms with van der Waals surface area (Å²) in [6.45, 7) is 3.16. The largest absolute Gasteiger partial charge is 0.358 e. The average molecular weight is 248 g/mol. The maximum atomic E-state index is 4.53. The number of nitrogens with zero attached hydrogens (tertiary/aromatic N) is 3. The monoisotopic (exact) mass is 248 g/mol. The van der Waals surface area contributed by atoms with Crippen LogP contribution in [0.25, 0.3) is 0 Å². The van der Waals surface area contributed by atoms with Crippen molar-refractivity contribution in [3.63, 3.8) is 0 Å². The van der Waals surface area contributed by atoms with Gasteiger partial charge in [-0.15, -0.1) is 0 Å². The Kier molecular flexibility index (Phi) is 4.55. The number of aromatic nitrogens is 1. The van der Waals surface area contributed by atoms with E-state index in [9.17, 15) is 0 Å². The quantitative estimate of drug-likeness (QED) is 0.852. The second-order valence-corrected chi connectivity index (χ2v) is 5.17. The summed E-state index contributed by atoms with van der Waals surface area (Å²) in [5, 5.41) is 3.20. The molecule has 18 heavy (non-hydrogen) atoms. The van der Waals surface area contributed by atoms with Gasteiger partial charge in [0.25, 0.3) is 0 Å². The number of rotatable bonds is 5. The number of hydrogen-bond acceptors (Lipinski definition) is 4. The zero-order valence-electron chi connectivity index (χ0n) is 11.7. The molecular weight excluding hydrogens is 224 g/mol. The van der Waals surface area contributed by atoms with E-state index in [-0.39, 0.29) is 0 Å². The summed E-state index contributed by atoms with van der Waals surface area (Å²) in [7, 11) is 6.34. The minimum absolute atomic E-state index is 0.666. The first kappa shape index (κ1) is 13.3. The highest BCUT2D eigenvalue weighted by Gasteiger charge is 2.23. The summed E-state index contributed by atoms with van der Waals surface area (Å²) in [6, 6.07) is 4.82. The summed E-state index contributed by atoms with van der Waals surface area (Å²) in [6.07, 6.45) is 4.50. The average Bonchev–Trinajstić information content (AvgIpc) is 2.76. The smallest absolute Gasteiger partial charge is 0.132 e. The minimum Gasteiger partial charge on any atom is -0.358 e. The number of anilines is 1. The highest BCUT2D eigenvalue weighted by atomic mass is 15.2. The highest BCUT2D eigenvalue weighted by Crippen LogP contribution is 2.20. The summed E-state index contributed by atoms with van der Waals surface area (Å²) < 4.78 is 0. The highest BCUT2D eigenvalue weighted by molar-refractivity contribution is 5.46. The molecule has 0 aromatic carbocycles. The zero-order valence-corrected chi connectivity index (χ0v) is 11.7. The first-order chi connectivity index (χ1) is 8.72. The number of hydrogen-bond donors (Lipinski definition) is 1. The van der Waals surface area contributed by atoms with Crippen molar-refractivity contribution in [1.82, 2.24) is 15.2 Å². The topological polar surface area (TPSA) is 31.4 Å². The van der Waals surface area contributed by atoms with E-state index in [1.165, 1.54) is 24.9 Å². The molecule has 100 valence electrons. The Morgan fingerprint density at radius 1 is 1.56 bits per heavy atom. The van der Waals surface area contributed by atoms with Gasteiger partial charge in [0.1, 0.15) is 5.82 Å². The third-order valence-corrected chi connectivity index (χ3v) is 3.75. The molecule has 0 aliphatic carbocycles. The van der Waals surface area contributed by atoms with E-state index >= 15 is 0 Å². The Labute approximate surface area is 110 Å². The lowest BCUT2D eigenvalue weighted by atomic mass is 10.2. The fourth-order valence-corrected chi connectivity index (χ4v) is 2.71. The second-order valence-electron chi connectivity index (χ2n) is 5.17. The van der Waals surface area contributed by atoms with Crippen molar-refractivity contribution in [2.75, 3.05) is 39.1 Å². The molecular formula is C14H24N4. The number of pyridine rings is 1. The molecule has 4 nitrogen and oxygen atoms in total. The van der Waals surface area contributed by atoms with Gasteiger partial charge in [-0.05, 0) is 39.5 Å². The van der Waals surface area contributed by atoms with E-state index in [2.05, 4.69) is 40.3 Å². The first-order valence-corrected chi connectivity index (χ1v) is 6.72. The standard InChI is InChI=1S/C14H24N4/c1-15-10-12-6-4-8-16-14(12)18(3)11-13-7-5-9-17(13)2/h4,6,8,13,15H,5,7,9-11H2,1-3H3. The summed E-state index contributed by atoms with van der Waals surface area (Å²) in [4.78, 5) is 9.28.